The molecule has 7 nitrogen and oxygen atoms in total. The van der Waals surface area contributed by atoms with Crippen LogP contribution in [-0.4, -0.2) is 54.2 Å². The van der Waals surface area contributed by atoms with E-state index in [2.05, 4.69) is 19.2 Å². The summed E-state index contributed by atoms with van der Waals surface area (Å²) in [5, 5.41) is 2.73. The average Bonchev–Trinajstić information content (AvgIpc) is 2.55. The van der Waals surface area contributed by atoms with Crippen LogP contribution in [-0.2, 0) is 19.1 Å². The van der Waals surface area contributed by atoms with Crippen LogP contribution in [0.3, 0.4) is 0 Å². The van der Waals surface area contributed by atoms with Gasteiger partial charge in [0.1, 0.15) is 11.6 Å². The molecule has 0 radical (unpaired) electrons. The summed E-state index contributed by atoms with van der Waals surface area (Å²) in [7, 11) is 1.69. The number of nitrogens with one attached hydrogen (secondary N) is 1. The minimum absolute atomic E-state index is 0.244. The van der Waals surface area contributed by atoms with Crippen molar-refractivity contribution in [2.45, 2.75) is 93.3 Å². The number of esters is 1. The van der Waals surface area contributed by atoms with Crippen LogP contribution in [0.15, 0.2) is 11.6 Å². The third kappa shape index (κ3) is 10.1. The van der Waals surface area contributed by atoms with Crippen molar-refractivity contribution in [2.75, 3.05) is 13.7 Å². The van der Waals surface area contributed by atoms with Crippen LogP contribution in [0, 0.1) is 11.3 Å². The number of amides is 2. The summed E-state index contributed by atoms with van der Waals surface area (Å²) in [4.78, 5) is 39.4. The van der Waals surface area contributed by atoms with Crippen LogP contribution in [0.1, 0.15) is 75.7 Å². The molecular formula is C23H42N2O5. The molecule has 0 aliphatic rings. The Hall–Kier alpha value is -2.05. The summed E-state index contributed by atoms with van der Waals surface area (Å²) in [5.41, 5.74) is -0.749. The molecule has 0 heterocycles. The van der Waals surface area contributed by atoms with E-state index in [1.807, 2.05) is 20.8 Å². The molecule has 7 heteroatoms. The van der Waals surface area contributed by atoms with Crippen LogP contribution in [0.25, 0.3) is 0 Å². The minimum atomic E-state index is -0.789. The summed E-state index contributed by atoms with van der Waals surface area (Å²) in [5.74, 6) is -0.346. The molecule has 174 valence electrons. The highest BCUT2D eigenvalue weighted by atomic mass is 16.6. The van der Waals surface area contributed by atoms with Crippen molar-refractivity contribution in [2.24, 2.45) is 11.3 Å². The second-order valence-electron chi connectivity index (χ2n) is 10.2. The van der Waals surface area contributed by atoms with Gasteiger partial charge in [0, 0.05) is 12.6 Å². The fourth-order valence-electron chi connectivity index (χ4n) is 2.86. The number of carbonyl (C=O) groups is 3. The third-order valence-corrected chi connectivity index (χ3v) is 4.37. The molecule has 0 aliphatic heterocycles. The Kier molecular flexibility index (Phi) is 10.6. The Morgan fingerprint density at radius 2 is 1.60 bits per heavy atom. The third-order valence-electron chi connectivity index (χ3n) is 4.37. The van der Waals surface area contributed by atoms with Crippen LogP contribution in [0.5, 0.6) is 0 Å². The smallest absolute Gasteiger partial charge is 0.408 e. The van der Waals surface area contributed by atoms with E-state index in [4.69, 9.17) is 9.47 Å². The van der Waals surface area contributed by atoms with Gasteiger partial charge in [-0.15, -0.1) is 0 Å². The van der Waals surface area contributed by atoms with E-state index in [0.717, 1.165) is 0 Å². The maximum absolute atomic E-state index is 13.4. The Morgan fingerprint density at radius 1 is 1.07 bits per heavy atom. The summed E-state index contributed by atoms with van der Waals surface area (Å²) >= 11 is 0. The summed E-state index contributed by atoms with van der Waals surface area (Å²) < 4.78 is 10.4. The lowest BCUT2D eigenvalue weighted by atomic mass is 9.85. The van der Waals surface area contributed by atoms with Gasteiger partial charge in [0.25, 0.3) is 0 Å². The number of carbonyl (C=O) groups excluding carboxylic acids is 3. The zero-order valence-corrected chi connectivity index (χ0v) is 20.7. The molecule has 0 spiro atoms. The van der Waals surface area contributed by atoms with Gasteiger partial charge >= 0.3 is 12.1 Å². The summed E-state index contributed by atoms with van der Waals surface area (Å²) in [6.45, 7) is 18.8. The first-order chi connectivity index (χ1) is 13.5. The van der Waals surface area contributed by atoms with Gasteiger partial charge in [-0.1, -0.05) is 40.7 Å². The second kappa shape index (κ2) is 11.4. The molecule has 0 aromatic heterocycles. The number of alkyl carbamates (subject to hydrolysis) is 1. The molecule has 0 unspecified atom stereocenters. The topological polar surface area (TPSA) is 84.9 Å². The molecule has 2 amide bonds. The van der Waals surface area contributed by atoms with Crippen LogP contribution >= 0.6 is 0 Å². The molecule has 30 heavy (non-hydrogen) atoms. The molecule has 0 fully saturated rings. The average molecular weight is 427 g/mol. The van der Waals surface area contributed by atoms with E-state index in [1.165, 1.54) is 0 Å². The van der Waals surface area contributed by atoms with E-state index < -0.39 is 29.1 Å². The largest absolute Gasteiger partial charge is 0.463 e. The van der Waals surface area contributed by atoms with E-state index in [-0.39, 0.29) is 11.9 Å². The lowest BCUT2D eigenvalue weighted by Gasteiger charge is -2.37. The first-order valence-corrected chi connectivity index (χ1v) is 10.6. The van der Waals surface area contributed by atoms with E-state index in [0.29, 0.717) is 24.5 Å². The quantitative estimate of drug-likeness (QED) is 0.462. The number of ether oxygens (including phenoxy) is 2. The molecule has 0 aliphatic carbocycles. The molecule has 0 rings (SSSR count). The van der Waals surface area contributed by atoms with Gasteiger partial charge in [-0.05, 0) is 52.4 Å². The van der Waals surface area contributed by atoms with Crippen molar-refractivity contribution in [1.29, 1.82) is 0 Å². The summed E-state index contributed by atoms with van der Waals surface area (Å²) in [6, 6.07) is -1.10. The Morgan fingerprint density at radius 3 is 2.00 bits per heavy atom. The first-order valence-electron chi connectivity index (χ1n) is 10.6. The van der Waals surface area contributed by atoms with Gasteiger partial charge in [-0.3, -0.25) is 4.79 Å². The normalized spacial score (nSPS) is 14.7. The minimum Gasteiger partial charge on any atom is -0.463 e. The number of rotatable bonds is 8. The molecule has 0 aromatic rings. The summed E-state index contributed by atoms with van der Waals surface area (Å²) in [6.07, 6.45) is 1.80. The maximum Gasteiger partial charge on any atom is 0.408 e. The van der Waals surface area contributed by atoms with E-state index in [9.17, 15) is 14.4 Å². The Bertz CT molecular complexity index is 626. The first kappa shape index (κ1) is 27.9. The van der Waals surface area contributed by atoms with Gasteiger partial charge in [0.15, 0.2) is 0 Å². The highest BCUT2D eigenvalue weighted by molar-refractivity contribution is 5.89. The van der Waals surface area contributed by atoms with Gasteiger partial charge in [-0.25, -0.2) is 9.59 Å². The monoisotopic (exact) mass is 426 g/mol. The number of nitrogens with zero attached hydrogens (tertiary/aromatic N) is 1. The number of hydrogen-bond donors (Lipinski definition) is 1. The van der Waals surface area contributed by atoms with Crippen molar-refractivity contribution in [3.63, 3.8) is 0 Å². The lowest BCUT2D eigenvalue weighted by molar-refractivity contribution is -0.139. The highest BCUT2D eigenvalue weighted by Crippen LogP contribution is 2.24. The van der Waals surface area contributed by atoms with Crippen molar-refractivity contribution < 1.29 is 23.9 Å². The second-order valence-corrected chi connectivity index (χ2v) is 10.2. The van der Waals surface area contributed by atoms with Crippen LogP contribution < -0.4 is 5.32 Å². The Balaban J connectivity index is 5.77. The predicted octanol–water partition coefficient (Wildman–Crippen LogP) is 4.31. The maximum atomic E-state index is 13.4. The number of likely N-dealkylation sites (N-methyl/N-ethyl adjacent to an activating group) is 1. The molecule has 0 bridgehead atoms. The standard InChI is InChI=1S/C23H42N2O5/c1-12-29-20(27)16(4)14-17(13-15(2)3)25(11)19(26)18(22(5,6)7)24-21(28)30-23(8,9)10/h14-15,17-18H,12-13H2,1-11H3,(H,24,28)/b16-14+/t17-,18+/m0/s1. The van der Waals surface area contributed by atoms with Gasteiger partial charge in [0.05, 0.1) is 12.6 Å². The van der Waals surface area contributed by atoms with Crippen molar-refractivity contribution in [3.05, 3.63) is 11.6 Å². The predicted molar refractivity (Wildman–Crippen MR) is 119 cm³/mol. The highest BCUT2D eigenvalue weighted by Gasteiger charge is 2.37. The van der Waals surface area contributed by atoms with E-state index >= 15 is 0 Å². The van der Waals surface area contributed by atoms with Crippen molar-refractivity contribution >= 4 is 18.0 Å². The van der Waals surface area contributed by atoms with Crippen molar-refractivity contribution in [1.82, 2.24) is 10.2 Å². The molecule has 0 saturated carbocycles. The molecule has 0 aromatic carbocycles. The zero-order valence-electron chi connectivity index (χ0n) is 20.7. The molecule has 2 atom stereocenters. The van der Waals surface area contributed by atoms with Gasteiger partial charge in [-0.2, -0.15) is 0 Å². The van der Waals surface area contributed by atoms with E-state index in [1.54, 1.807) is 52.6 Å². The van der Waals surface area contributed by atoms with Crippen LogP contribution in [0.2, 0.25) is 0 Å². The van der Waals surface area contributed by atoms with Crippen LogP contribution in [0.4, 0.5) is 4.79 Å². The number of hydrogen-bond acceptors (Lipinski definition) is 5. The molecular weight excluding hydrogens is 384 g/mol. The Labute approximate surface area is 182 Å². The zero-order chi connectivity index (χ0) is 23.9. The fourth-order valence-corrected chi connectivity index (χ4v) is 2.86. The fraction of sp³-hybridized carbons (Fsp3) is 0.783. The molecule has 1 N–H and O–H groups in total. The van der Waals surface area contributed by atoms with Gasteiger partial charge in [0.2, 0.25) is 5.91 Å². The SMILES string of the molecule is CCOC(=O)/C(C)=C/[C@H](CC(C)C)N(C)C(=O)[C@@H](NC(=O)OC(C)(C)C)C(C)(C)C. The molecule has 0 saturated heterocycles. The van der Waals surface area contributed by atoms with Crippen molar-refractivity contribution in [3.8, 4) is 0 Å². The lowest BCUT2D eigenvalue weighted by Crippen LogP contribution is -2.56. The van der Waals surface area contributed by atoms with Gasteiger partial charge < -0.3 is 19.7 Å².